The number of unbranched alkanes of at least 4 members (excludes halogenated alkanes) is 26. The van der Waals surface area contributed by atoms with E-state index < -0.39 is 18.1 Å². The number of nitrogens with zero attached hydrogens (tertiary/aromatic N) is 1. The van der Waals surface area contributed by atoms with Gasteiger partial charge in [0.1, 0.15) is 6.61 Å². The fourth-order valence-corrected chi connectivity index (χ4v) is 7.05. The molecule has 0 amide bonds. The number of quaternary nitrogens is 1. The Kier molecular flexibility index (Phi) is 37.6. The number of hydrogen-bond acceptors (Lipinski definition) is 6. The molecule has 0 aliphatic carbocycles. The molecule has 0 aromatic heterocycles. The first-order valence-electron chi connectivity index (χ1n) is 23.2. The molecule has 55 heavy (non-hydrogen) atoms. The summed E-state index contributed by atoms with van der Waals surface area (Å²) in [6.07, 6.45) is 41.5. The van der Waals surface area contributed by atoms with Crippen molar-refractivity contribution in [1.82, 2.24) is 0 Å². The largest absolute Gasteiger partial charge is 0.477 e. The molecule has 0 aliphatic rings. The highest BCUT2D eigenvalue weighted by Crippen LogP contribution is 2.16. The van der Waals surface area contributed by atoms with E-state index in [1.54, 1.807) is 0 Å². The molecule has 1 N–H and O–H groups in total. The number of likely N-dealkylation sites (N-methyl/N-ethyl adjacent to an activating group) is 1. The Labute approximate surface area is 339 Å². The Bertz CT molecular complexity index is 915. The van der Waals surface area contributed by atoms with Crippen LogP contribution in [0.5, 0.6) is 0 Å². The second-order valence-electron chi connectivity index (χ2n) is 17.0. The second-order valence-corrected chi connectivity index (χ2v) is 17.0. The third-order valence-corrected chi connectivity index (χ3v) is 10.7. The Morgan fingerprint density at radius 3 is 1.38 bits per heavy atom. The summed E-state index contributed by atoms with van der Waals surface area (Å²) in [5.74, 6) is -1.52. The standard InChI is InChI=1S/C47H89NO7/c1-6-8-10-12-14-16-17-18-19-20-21-22-23-24-25-26-27-28-29-30-32-33-35-37-45(49)54-42-43(41-53-40-39-44(47(51)52)48(3,4)5)55-46(50)38-36-34-31-15-13-11-9-7-2/h31,34,43-44H,6-30,32-33,35-42H2,1-5H3/p+1/b34-31+. The lowest BCUT2D eigenvalue weighted by molar-refractivity contribution is -0.887. The lowest BCUT2D eigenvalue weighted by Crippen LogP contribution is -2.50. The summed E-state index contributed by atoms with van der Waals surface area (Å²) in [5.41, 5.74) is 0. The van der Waals surface area contributed by atoms with E-state index in [1.165, 1.54) is 148 Å². The van der Waals surface area contributed by atoms with E-state index in [0.29, 0.717) is 19.3 Å². The van der Waals surface area contributed by atoms with Crippen molar-refractivity contribution in [1.29, 1.82) is 0 Å². The van der Waals surface area contributed by atoms with Gasteiger partial charge < -0.3 is 23.8 Å². The van der Waals surface area contributed by atoms with Crippen molar-refractivity contribution >= 4 is 17.9 Å². The van der Waals surface area contributed by atoms with E-state index in [2.05, 4.69) is 19.9 Å². The van der Waals surface area contributed by atoms with Gasteiger partial charge in [-0.2, -0.15) is 0 Å². The number of esters is 2. The second kappa shape index (κ2) is 38.9. The minimum absolute atomic E-state index is 0.0508. The van der Waals surface area contributed by atoms with Gasteiger partial charge in [-0.15, -0.1) is 0 Å². The molecule has 0 saturated heterocycles. The van der Waals surface area contributed by atoms with Crippen LogP contribution < -0.4 is 0 Å². The monoisotopic (exact) mass is 781 g/mol. The van der Waals surface area contributed by atoms with Gasteiger partial charge in [0.05, 0.1) is 34.4 Å². The van der Waals surface area contributed by atoms with Crippen molar-refractivity contribution in [2.75, 3.05) is 41.0 Å². The third-order valence-electron chi connectivity index (χ3n) is 10.7. The number of ether oxygens (including phenoxy) is 3. The Morgan fingerprint density at radius 1 is 0.527 bits per heavy atom. The Balaban J connectivity index is 4.07. The Hall–Kier alpha value is -1.93. The minimum atomic E-state index is -0.878. The van der Waals surface area contributed by atoms with Crippen LogP contribution in [0.4, 0.5) is 0 Å². The highest BCUT2D eigenvalue weighted by atomic mass is 16.6. The molecule has 0 aromatic rings. The summed E-state index contributed by atoms with van der Waals surface area (Å²) in [5, 5.41) is 9.59. The van der Waals surface area contributed by atoms with Gasteiger partial charge in [-0.05, 0) is 25.7 Å². The summed E-state index contributed by atoms with van der Waals surface area (Å²) in [6.45, 7) is 4.68. The number of carbonyl (C=O) groups is 3. The molecule has 324 valence electrons. The van der Waals surface area contributed by atoms with E-state index in [9.17, 15) is 19.5 Å². The van der Waals surface area contributed by atoms with E-state index in [-0.39, 0.29) is 42.7 Å². The van der Waals surface area contributed by atoms with E-state index >= 15 is 0 Å². The van der Waals surface area contributed by atoms with Crippen LogP contribution in [-0.2, 0) is 28.6 Å². The number of hydrogen-bond donors (Lipinski definition) is 1. The number of rotatable bonds is 42. The van der Waals surface area contributed by atoms with Gasteiger partial charge in [-0.3, -0.25) is 9.59 Å². The normalized spacial score (nSPS) is 13.0. The highest BCUT2D eigenvalue weighted by molar-refractivity contribution is 5.72. The third kappa shape index (κ3) is 37.4. The molecule has 0 bridgehead atoms. The summed E-state index contributed by atoms with van der Waals surface area (Å²) < 4.78 is 17.2. The van der Waals surface area contributed by atoms with Gasteiger partial charge in [-0.1, -0.05) is 187 Å². The zero-order valence-electron chi connectivity index (χ0n) is 36.9. The van der Waals surface area contributed by atoms with Crippen LogP contribution in [0.3, 0.4) is 0 Å². The van der Waals surface area contributed by atoms with Crippen LogP contribution in [0.15, 0.2) is 12.2 Å². The van der Waals surface area contributed by atoms with Gasteiger partial charge in [0.25, 0.3) is 0 Å². The molecule has 8 nitrogen and oxygen atoms in total. The van der Waals surface area contributed by atoms with Crippen LogP contribution >= 0.6 is 0 Å². The van der Waals surface area contributed by atoms with Crippen molar-refractivity contribution in [2.45, 2.75) is 231 Å². The molecule has 0 radical (unpaired) electrons. The fourth-order valence-electron chi connectivity index (χ4n) is 7.05. The molecule has 2 unspecified atom stereocenters. The number of carboxylic acids is 1. The number of carboxylic acid groups (broad SMARTS) is 1. The molecular weight excluding hydrogens is 691 g/mol. The minimum Gasteiger partial charge on any atom is -0.477 e. The van der Waals surface area contributed by atoms with Gasteiger partial charge in [-0.25, -0.2) is 4.79 Å². The molecule has 0 rings (SSSR count). The van der Waals surface area contributed by atoms with Crippen molar-refractivity contribution in [3.63, 3.8) is 0 Å². The smallest absolute Gasteiger partial charge is 0.362 e. The zero-order chi connectivity index (χ0) is 40.7. The first kappa shape index (κ1) is 53.1. The Morgan fingerprint density at radius 2 is 0.945 bits per heavy atom. The predicted octanol–water partition coefficient (Wildman–Crippen LogP) is 12.7. The van der Waals surface area contributed by atoms with Crippen LogP contribution in [0.1, 0.15) is 219 Å². The molecule has 8 heteroatoms. The summed E-state index contributed by atoms with van der Waals surface area (Å²) >= 11 is 0. The van der Waals surface area contributed by atoms with Gasteiger partial charge in [0, 0.05) is 19.3 Å². The maximum absolute atomic E-state index is 12.6. The summed E-state index contributed by atoms with van der Waals surface area (Å²) in [4.78, 5) is 36.8. The van der Waals surface area contributed by atoms with Crippen LogP contribution in [0, 0.1) is 0 Å². The topological polar surface area (TPSA) is 99.1 Å². The molecule has 0 fully saturated rings. The van der Waals surface area contributed by atoms with Gasteiger partial charge in [0.2, 0.25) is 0 Å². The molecular formula is C47H90NO7+. The van der Waals surface area contributed by atoms with Crippen LogP contribution in [-0.4, -0.2) is 80.6 Å². The lowest BCUT2D eigenvalue weighted by atomic mass is 10.0. The van der Waals surface area contributed by atoms with Crippen molar-refractivity contribution in [3.8, 4) is 0 Å². The predicted molar refractivity (Wildman–Crippen MR) is 229 cm³/mol. The van der Waals surface area contributed by atoms with Gasteiger partial charge in [0.15, 0.2) is 12.1 Å². The van der Waals surface area contributed by atoms with Gasteiger partial charge >= 0.3 is 17.9 Å². The average molecular weight is 781 g/mol. The first-order chi connectivity index (χ1) is 26.6. The number of aliphatic carboxylic acids is 1. The molecule has 0 aliphatic heterocycles. The molecule has 0 saturated carbocycles. The summed E-state index contributed by atoms with van der Waals surface area (Å²) in [7, 11) is 5.52. The molecule has 0 aromatic carbocycles. The van der Waals surface area contributed by atoms with Crippen LogP contribution in [0.2, 0.25) is 0 Å². The molecule has 0 heterocycles. The van der Waals surface area contributed by atoms with E-state index in [4.69, 9.17) is 14.2 Å². The maximum atomic E-state index is 12.6. The number of allylic oxidation sites excluding steroid dienone is 2. The number of carbonyl (C=O) groups excluding carboxylic acids is 2. The average Bonchev–Trinajstić information content (AvgIpc) is 3.14. The first-order valence-corrected chi connectivity index (χ1v) is 23.2. The molecule has 2 atom stereocenters. The SMILES string of the molecule is CCCCCC/C=C/CCC(=O)OC(COCCC(C(=O)O)[N+](C)(C)C)COC(=O)CCCCCCCCCCCCCCCCCCCCCCCCC. The lowest BCUT2D eigenvalue weighted by Gasteiger charge is -2.31. The molecule has 0 spiro atoms. The maximum Gasteiger partial charge on any atom is 0.362 e. The fraction of sp³-hybridized carbons (Fsp3) is 0.894. The van der Waals surface area contributed by atoms with Crippen molar-refractivity contribution in [3.05, 3.63) is 12.2 Å². The summed E-state index contributed by atoms with van der Waals surface area (Å²) in [6, 6.07) is -0.615. The van der Waals surface area contributed by atoms with Crippen molar-refractivity contribution in [2.24, 2.45) is 0 Å². The van der Waals surface area contributed by atoms with Crippen LogP contribution in [0.25, 0.3) is 0 Å². The highest BCUT2D eigenvalue weighted by Gasteiger charge is 2.31. The van der Waals surface area contributed by atoms with Crippen molar-refractivity contribution < 1.29 is 38.2 Å². The zero-order valence-corrected chi connectivity index (χ0v) is 36.9. The van der Waals surface area contributed by atoms with E-state index in [0.717, 1.165) is 32.1 Å². The quantitative estimate of drug-likeness (QED) is 0.0285. The van der Waals surface area contributed by atoms with E-state index in [1.807, 2.05) is 27.2 Å².